The number of ether oxygens (including phenoxy) is 1. The van der Waals surface area contributed by atoms with E-state index in [4.69, 9.17) is 10.5 Å². The maximum atomic E-state index is 13.7. The van der Waals surface area contributed by atoms with Crippen molar-refractivity contribution in [2.75, 3.05) is 25.6 Å². The van der Waals surface area contributed by atoms with Crippen LogP contribution in [0.5, 0.6) is 5.75 Å². The lowest BCUT2D eigenvalue weighted by Gasteiger charge is -2.24. The number of nitrogens with two attached hydrogens (primary N) is 1. The number of nitrogens with zero attached hydrogens (tertiary/aromatic N) is 1. The van der Waals surface area contributed by atoms with Crippen molar-refractivity contribution in [3.63, 3.8) is 0 Å². The lowest BCUT2D eigenvalue weighted by molar-refractivity contribution is 0.415. The molecule has 1 atom stereocenters. The third-order valence-corrected chi connectivity index (χ3v) is 3.34. The second-order valence-electron chi connectivity index (χ2n) is 4.85. The van der Waals surface area contributed by atoms with E-state index in [9.17, 15) is 8.78 Å². The van der Waals surface area contributed by atoms with Crippen LogP contribution in [0, 0.1) is 11.6 Å². The molecule has 0 aliphatic heterocycles. The Labute approximate surface area is 122 Å². The molecule has 5 heteroatoms. The van der Waals surface area contributed by atoms with Crippen molar-refractivity contribution in [1.29, 1.82) is 0 Å². The van der Waals surface area contributed by atoms with Gasteiger partial charge in [-0.15, -0.1) is 0 Å². The fraction of sp³-hybridized carbons (Fsp3) is 0.250. The van der Waals surface area contributed by atoms with Crippen LogP contribution in [-0.4, -0.2) is 20.7 Å². The zero-order chi connectivity index (χ0) is 15.4. The summed E-state index contributed by atoms with van der Waals surface area (Å²) in [6.07, 6.45) is 0. The Hall–Kier alpha value is -2.14. The van der Waals surface area contributed by atoms with Crippen molar-refractivity contribution >= 4 is 5.69 Å². The Morgan fingerprint density at radius 2 is 1.81 bits per heavy atom. The molecule has 0 amide bonds. The SMILES string of the molecule is COc1ccc(N(C)CC(N)c2cc(F)ccc2F)cc1. The molecular weight excluding hydrogens is 274 g/mol. The van der Waals surface area contributed by atoms with E-state index >= 15 is 0 Å². The van der Waals surface area contributed by atoms with Gasteiger partial charge >= 0.3 is 0 Å². The summed E-state index contributed by atoms with van der Waals surface area (Å²) in [5.41, 5.74) is 7.08. The van der Waals surface area contributed by atoms with Gasteiger partial charge in [-0.05, 0) is 42.5 Å². The number of hydrogen-bond donors (Lipinski definition) is 1. The zero-order valence-electron chi connectivity index (χ0n) is 12.0. The van der Waals surface area contributed by atoms with Crippen LogP contribution in [-0.2, 0) is 0 Å². The molecule has 1 unspecified atom stereocenters. The normalized spacial score (nSPS) is 12.0. The van der Waals surface area contributed by atoms with Gasteiger partial charge in [-0.1, -0.05) is 0 Å². The van der Waals surface area contributed by atoms with E-state index in [2.05, 4.69) is 0 Å². The van der Waals surface area contributed by atoms with Crippen molar-refractivity contribution in [2.45, 2.75) is 6.04 Å². The second-order valence-corrected chi connectivity index (χ2v) is 4.85. The minimum atomic E-state index is -0.618. The number of rotatable bonds is 5. The second kappa shape index (κ2) is 6.54. The molecule has 0 saturated carbocycles. The fourth-order valence-corrected chi connectivity index (χ4v) is 2.13. The molecule has 0 bridgehead atoms. The van der Waals surface area contributed by atoms with Gasteiger partial charge < -0.3 is 15.4 Å². The van der Waals surface area contributed by atoms with Gasteiger partial charge in [0.25, 0.3) is 0 Å². The van der Waals surface area contributed by atoms with E-state index in [0.29, 0.717) is 6.54 Å². The predicted molar refractivity (Wildman–Crippen MR) is 79.6 cm³/mol. The van der Waals surface area contributed by atoms with E-state index in [1.165, 1.54) is 0 Å². The summed E-state index contributed by atoms with van der Waals surface area (Å²) >= 11 is 0. The molecule has 0 saturated heterocycles. The van der Waals surface area contributed by atoms with Gasteiger partial charge in [-0.2, -0.15) is 0 Å². The summed E-state index contributed by atoms with van der Waals surface area (Å²) in [5, 5.41) is 0. The highest BCUT2D eigenvalue weighted by Crippen LogP contribution is 2.22. The molecule has 3 nitrogen and oxygen atoms in total. The monoisotopic (exact) mass is 292 g/mol. The third-order valence-electron chi connectivity index (χ3n) is 3.34. The van der Waals surface area contributed by atoms with Crippen LogP contribution in [0.25, 0.3) is 0 Å². The van der Waals surface area contributed by atoms with Gasteiger partial charge in [0.2, 0.25) is 0 Å². The quantitative estimate of drug-likeness (QED) is 0.920. The largest absolute Gasteiger partial charge is 0.497 e. The van der Waals surface area contributed by atoms with Crippen molar-refractivity contribution in [3.05, 3.63) is 59.7 Å². The van der Waals surface area contributed by atoms with Gasteiger partial charge in [0.05, 0.1) is 13.2 Å². The average molecular weight is 292 g/mol. The van der Waals surface area contributed by atoms with Crippen LogP contribution in [0.4, 0.5) is 14.5 Å². The van der Waals surface area contributed by atoms with E-state index < -0.39 is 17.7 Å². The first kappa shape index (κ1) is 15.3. The van der Waals surface area contributed by atoms with Crippen LogP contribution in [0.15, 0.2) is 42.5 Å². The Morgan fingerprint density at radius 1 is 1.14 bits per heavy atom. The molecule has 112 valence electrons. The highest BCUT2D eigenvalue weighted by Gasteiger charge is 2.15. The first-order valence-corrected chi connectivity index (χ1v) is 6.57. The first-order chi connectivity index (χ1) is 10.0. The molecule has 0 spiro atoms. The van der Waals surface area contributed by atoms with Crippen molar-refractivity contribution in [3.8, 4) is 5.75 Å². The van der Waals surface area contributed by atoms with Gasteiger partial charge in [-0.3, -0.25) is 0 Å². The Kier molecular flexibility index (Phi) is 4.75. The number of halogens is 2. The first-order valence-electron chi connectivity index (χ1n) is 6.57. The molecule has 2 N–H and O–H groups in total. The molecule has 2 rings (SSSR count). The van der Waals surface area contributed by atoms with Crippen LogP contribution in [0.2, 0.25) is 0 Å². The van der Waals surface area contributed by atoms with Gasteiger partial charge in [-0.25, -0.2) is 8.78 Å². The Morgan fingerprint density at radius 3 is 2.43 bits per heavy atom. The topological polar surface area (TPSA) is 38.5 Å². The molecule has 0 aliphatic carbocycles. The van der Waals surface area contributed by atoms with Gasteiger partial charge in [0, 0.05) is 24.8 Å². The van der Waals surface area contributed by atoms with E-state index in [1.54, 1.807) is 7.11 Å². The lowest BCUT2D eigenvalue weighted by Crippen LogP contribution is -2.29. The van der Waals surface area contributed by atoms with E-state index in [0.717, 1.165) is 29.6 Å². The predicted octanol–water partition coefficient (Wildman–Crippen LogP) is 3.11. The number of likely N-dealkylation sites (N-methyl/N-ethyl adjacent to an activating group) is 1. The molecule has 0 radical (unpaired) electrons. The Bertz CT molecular complexity index is 602. The van der Waals surface area contributed by atoms with Crippen LogP contribution in [0.1, 0.15) is 11.6 Å². The van der Waals surface area contributed by atoms with Crippen molar-refractivity contribution < 1.29 is 13.5 Å². The van der Waals surface area contributed by atoms with Crippen LogP contribution in [0.3, 0.4) is 0 Å². The zero-order valence-corrected chi connectivity index (χ0v) is 12.0. The van der Waals surface area contributed by atoms with Crippen LogP contribution >= 0.6 is 0 Å². The lowest BCUT2D eigenvalue weighted by atomic mass is 10.1. The molecule has 0 aromatic heterocycles. The summed E-state index contributed by atoms with van der Waals surface area (Å²) in [7, 11) is 3.44. The molecule has 21 heavy (non-hydrogen) atoms. The average Bonchev–Trinajstić information content (AvgIpc) is 2.49. The molecule has 2 aromatic carbocycles. The van der Waals surface area contributed by atoms with E-state index in [1.807, 2.05) is 36.2 Å². The minimum absolute atomic E-state index is 0.176. The van der Waals surface area contributed by atoms with Crippen molar-refractivity contribution in [1.82, 2.24) is 0 Å². The summed E-state index contributed by atoms with van der Waals surface area (Å²) in [4.78, 5) is 1.88. The fourth-order valence-electron chi connectivity index (χ4n) is 2.13. The standard InChI is InChI=1S/C16H18F2N2O/c1-20(12-4-6-13(21-2)7-5-12)10-16(19)14-9-11(17)3-8-15(14)18/h3-9,16H,10,19H2,1-2H3. The highest BCUT2D eigenvalue weighted by molar-refractivity contribution is 5.48. The number of methoxy groups -OCH3 is 1. The van der Waals surface area contributed by atoms with Gasteiger partial charge in [0.1, 0.15) is 17.4 Å². The molecule has 0 fully saturated rings. The maximum absolute atomic E-state index is 13.7. The Balaban J connectivity index is 2.10. The summed E-state index contributed by atoms with van der Waals surface area (Å²) in [6.45, 7) is 0.368. The summed E-state index contributed by atoms with van der Waals surface area (Å²) in [6, 6.07) is 10.1. The van der Waals surface area contributed by atoms with Crippen molar-refractivity contribution in [2.24, 2.45) is 5.73 Å². The molecule has 0 heterocycles. The number of hydrogen-bond acceptors (Lipinski definition) is 3. The molecule has 0 aliphatic rings. The smallest absolute Gasteiger partial charge is 0.128 e. The highest BCUT2D eigenvalue weighted by atomic mass is 19.1. The number of benzene rings is 2. The summed E-state index contributed by atoms with van der Waals surface area (Å²) in [5.74, 6) is -0.228. The maximum Gasteiger partial charge on any atom is 0.128 e. The van der Waals surface area contributed by atoms with Gasteiger partial charge in [0.15, 0.2) is 0 Å². The number of anilines is 1. The molecule has 2 aromatic rings. The minimum Gasteiger partial charge on any atom is -0.497 e. The molecular formula is C16H18F2N2O. The van der Waals surface area contributed by atoms with Crippen LogP contribution < -0.4 is 15.4 Å². The summed E-state index contributed by atoms with van der Waals surface area (Å²) < 4.78 is 32.0. The van der Waals surface area contributed by atoms with E-state index in [-0.39, 0.29) is 5.56 Å². The third kappa shape index (κ3) is 3.70.